The van der Waals surface area contributed by atoms with E-state index >= 15 is 0 Å². The predicted molar refractivity (Wildman–Crippen MR) is 81.2 cm³/mol. The summed E-state index contributed by atoms with van der Waals surface area (Å²) < 4.78 is 0. The zero-order valence-electron chi connectivity index (χ0n) is 12.1. The van der Waals surface area contributed by atoms with Crippen molar-refractivity contribution in [1.29, 1.82) is 0 Å². The first-order valence-corrected chi connectivity index (χ1v) is 6.90. The van der Waals surface area contributed by atoms with Gasteiger partial charge in [-0.25, -0.2) is 0 Å². The number of hydrogen-bond donors (Lipinski definition) is 2. The lowest BCUT2D eigenvalue weighted by Crippen LogP contribution is -2.39. The Morgan fingerprint density at radius 3 is 2.47 bits per heavy atom. The molecule has 1 amide bonds. The van der Waals surface area contributed by atoms with Crippen molar-refractivity contribution in [2.45, 2.75) is 27.2 Å². The van der Waals surface area contributed by atoms with Gasteiger partial charge in [0.15, 0.2) is 0 Å². The molecular weight excluding hydrogens is 238 g/mol. The summed E-state index contributed by atoms with van der Waals surface area (Å²) >= 11 is 0. The van der Waals surface area contributed by atoms with Gasteiger partial charge in [-0.05, 0) is 36.6 Å². The maximum absolute atomic E-state index is 11.9. The second-order valence-electron chi connectivity index (χ2n) is 5.21. The molecule has 4 nitrogen and oxygen atoms in total. The van der Waals surface area contributed by atoms with Crippen LogP contribution in [0.4, 0.5) is 11.4 Å². The first-order chi connectivity index (χ1) is 9.02. The Kier molecular flexibility index (Phi) is 6.19. The van der Waals surface area contributed by atoms with Crippen LogP contribution in [0, 0.1) is 5.92 Å². The van der Waals surface area contributed by atoms with E-state index in [2.05, 4.69) is 31.0 Å². The molecule has 0 spiro atoms. The van der Waals surface area contributed by atoms with Gasteiger partial charge in [0, 0.05) is 24.5 Å². The maximum Gasteiger partial charge on any atom is 0.239 e. The Balaban J connectivity index is 2.62. The number of nitrogens with one attached hydrogen (secondary N) is 1. The van der Waals surface area contributed by atoms with Crippen LogP contribution < -0.4 is 16.0 Å². The summed E-state index contributed by atoms with van der Waals surface area (Å²) in [6.45, 7) is 8.26. The first-order valence-electron chi connectivity index (χ1n) is 6.90. The smallest absolute Gasteiger partial charge is 0.239 e. The van der Waals surface area contributed by atoms with Crippen molar-refractivity contribution in [3.05, 3.63) is 24.3 Å². The minimum absolute atomic E-state index is 0.0685. The summed E-state index contributed by atoms with van der Waals surface area (Å²) in [6.07, 6.45) is 1.00. The molecule has 19 heavy (non-hydrogen) atoms. The molecule has 0 fully saturated rings. The monoisotopic (exact) mass is 263 g/mol. The van der Waals surface area contributed by atoms with E-state index in [-0.39, 0.29) is 5.91 Å². The summed E-state index contributed by atoms with van der Waals surface area (Å²) in [5.74, 6) is 0.541. The molecule has 1 aromatic rings. The van der Waals surface area contributed by atoms with E-state index in [1.807, 2.05) is 24.3 Å². The molecule has 4 heteroatoms. The number of hydrogen-bond acceptors (Lipinski definition) is 3. The van der Waals surface area contributed by atoms with Crippen molar-refractivity contribution < 1.29 is 4.79 Å². The van der Waals surface area contributed by atoms with Crippen molar-refractivity contribution in [2.75, 3.05) is 30.3 Å². The topological polar surface area (TPSA) is 58.4 Å². The molecule has 0 unspecified atom stereocenters. The lowest BCUT2D eigenvalue weighted by atomic mass is 10.2. The fourth-order valence-corrected chi connectivity index (χ4v) is 1.80. The van der Waals surface area contributed by atoms with Gasteiger partial charge >= 0.3 is 0 Å². The second-order valence-corrected chi connectivity index (χ2v) is 5.21. The molecule has 0 aliphatic carbocycles. The van der Waals surface area contributed by atoms with Gasteiger partial charge in [-0.1, -0.05) is 20.8 Å². The summed E-state index contributed by atoms with van der Waals surface area (Å²) in [6, 6.07) is 7.65. The van der Waals surface area contributed by atoms with Crippen LogP contribution in [0.25, 0.3) is 0 Å². The maximum atomic E-state index is 11.9. The van der Waals surface area contributed by atoms with Crippen molar-refractivity contribution in [1.82, 2.24) is 5.32 Å². The van der Waals surface area contributed by atoms with Gasteiger partial charge < -0.3 is 16.0 Å². The van der Waals surface area contributed by atoms with Crippen molar-refractivity contribution in [3.63, 3.8) is 0 Å². The predicted octanol–water partition coefficient (Wildman–Crippen LogP) is 2.26. The van der Waals surface area contributed by atoms with Gasteiger partial charge in [0.25, 0.3) is 0 Å². The largest absolute Gasteiger partial charge is 0.399 e. The molecule has 0 bridgehead atoms. The molecule has 0 atom stereocenters. The highest BCUT2D eigenvalue weighted by atomic mass is 16.2. The van der Waals surface area contributed by atoms with Crippen LogP contribution in [0.1, 0.15) is 27.2 Å². The summed E-state index contributed by atoms with van der Waals surface area (Å²) in [7, 11) is 0. The molecule has 1 aromatic carbocycles. The van der Waals surface area contributed by atoms with Crippen molar-refractivity contribution in [2.24, 2.45) is 5.92 Å². The SMILES string of the molecule is CCCN(CC(=O)NCC(C)C)c1ccc(N)cc1. The first kappa shape index (κ1) is 15.3. The number of nitrogens with two attached hydrogens (primary N) is 1. The Labute approximate surface area is 116 Å². The minimum atomic E-state index is 0.0685. The van der Waals surface area contributed by atoms with Crippen molar-refractivity contribution >= 4 is 17.3 Å². The third-order valence-corrected chi connectivity index (χ3v) is 2.79. The van der Waals surface area contributed by atoms with Gasteiger partial charge in [-0.15, -0.1) is 0 Å². The molecule has 0 aromatic heterocycles. The van der Waals surface area contributed by atoms with Crippen LogP contribution in [0.15, 0.2) is 24.3 Å². The van der Waals surface area contributed by atoms with Crippen LogP contribution >= 0.6 is 0 Å². The van der Waals surface area contributed by atoms with Crippen LogP contribution in [0.2, 0.25) is 0 Å². The van der Waals surface area contributed by atoms with E-state index in [9.17, 15) is 4.79 Å². The fourth-order valence-electron chi connectivity index (χ4n) is 1.80. The number of amides is 1. The third-order valence-electron chi connectivity index (χ3n) is 2.79. The van der Waals surface area contributed by atoms with Crippen LogP contribution in [0.3, 0.4) is 0 Å². The number of benzene rings is 1. The number of carbonyl (C=O) groups excluding carboxylic acids is 1. The van der Waals surface area contributed by atoms with Crippen molar-refractivity contribution in [3.8, 4) is 0 Å². The molecule has 106 valence electrons. The Morgan fingerprint density at radius 1 is 1.32 bits per heavy atom. The van der Waals surface area contributed by atoms with E-state index in [1.54, 1.807) is 0 Å². The molecule has 1 rings (SSSR count). The number of carbonyl (C=O) groups is 1. The highest BCUT2D eigenvalue weighted by Gasteiger charge is 2.10. The van der Waals surface area contributed by atoms with Gasteiger partial charge in [0.1, 0.15) is 0 Å². The summed E-state index contributed by atoms with van der Waals surface area (Å²) in [5, 5.41) is 2.95. The zero-order chi connectivity index (χ0) is 14.3. The van der Waals surface area contributed by atoms with E-state index in [1.165, 1.54) is 0 Å². The Hall–Kier alpha value is -1.71. The molecule has 0 aliphatic rings. The minimum Gasteiger partial charge on any atom is -0.399 e. The summed E-state index contributed by atoms with van der Waals surface area (Å²) in [5.41, 5.74) is 7.46. The van der Waals surface area contributed by atoms with Gasteiger partial charge in [-0.3, -0.25) is 4.79 Å². The van der Waals surface area contributed by atoms with Crippen LogP contribution in [-0.2, 0) is 4.79 Å². The second kappa shape index (κ2) is 7.67. The molecule has 3 N–H and O–H groups in total. The van der Waals surface area contributed by atoms with Gasteiger partial charge in [0.2, 0.25) is 5.91 Å². The lowest BCUT2D eigenvalue weighted by molar-refractivity contribution is -0.119. The Bertz CT molecular complexity index is 387. The zero-order valence-corrected chi connectivity index (χ0v) is 12.1. The number of rotatable bonds is 7. The average Bonchev–Trinajstić information content (AvgIpc) is 2.37. The fraction of sp³-hybridized carbons (Fsp3) is 0.533. The van der Waals surface area contributed by atoms with Crippen LogP contribution in [-0.4, -0.2) is 25.5 Å². The standard InChI is InChI=1S/C15H25N3O/c1-4-9-18(11-15(19)17-10-12(2)3)14-7-5-13(16)6-8-14/h5-8,12H,4,9-11,16H2,1-3H3,(H,17,19). The number of nitrogen functional groups attached to an aromatic ring is 1. The highest BCUT2D eigenvalue weighted by Crippen LogP contribution is 2.16. The van der Waals surface area contributed by atoms with Crippen LogP contribution in [0.5, 0.6) is 0 Å². The van der Waals surface area contributed by atoms with Gasteiger partial charge in [-0.2, -0.15) is 0 Å². The number of nitrogens with zero attached hydrogens (tertiary/aromatic N) is 1. The normalized spacial score (nSPS) is 10.5. The third kappa shape index (κ3) is 5.64. The molecule has 0 heterocycles. The Morgan fingerprint density at radius 2 is 1.95 bits per heavy atom. The van der Waals surface area contributed by atoms with E-state index in [0.717, 1.165) is 30.9 Å². The molecule has 0 aliphatic heterocycles. The molecule has 0 saturated carbocycles. The highest BCUT2D eigenvalue weighted by molar-refractivity contribution is 5.81. The molecule has 0 radical (unpaired) electrons. The quantitative estimate of drug-likeness (QED) is 0.742. The lowest BCUT2D eigenvalue weighted by Gasteiger charge is -2.24. The summed E-state index contributed by atoms with van der Waals surface area (Å²) in [4.78, 5) is 14.0. The van der Waals surface area contributed by atoms with E-state index in [0.29, 0.717) is 12.5 Å². The molecular formula is C15H25N3O. The number of anilines is 2. The van der Waals surface area contributed by atoms with Gasteiger partial charge in [0.05, 0.1) is 6.54 Å². The van der Waals surface area contributed by atoms with E-state index in [4.69, 9.17) is 5.73 Å². The van der Waals surface area contributed by atoms with E-state index < -0.39 is 0 Å². The molecule has 0 saturated heterocycles. The average molecular weight is 263 g/mol.